The van der Waals surface area contributed by atoms with Crippen molar-refractivity contribution >= 4 is 17.6 Å². The second-order valence-corrected chi connectivity index (χ2v) is 7.20. The number of nitrogens with zero attached hydrogens (tertiary/aromatic N) is 6. The first-order valence-electron chi connectivity index (χ1n) is 9.57. The summed E-state index contributed by atoms with van der Waals surface area (Å²) in [5.41, 5.74) is 2.06. The Morgan fingerprint density at radius 3 is 2.04 bits per heavy atom. The molecule has 0 radical (unpaired) electrons. The second kappa shape index (κ2) is 7.05. The molecule has 138 valence electrons. The number of hydrogen-bond acceptors (Lipinski definition) is 7. The van der Waals surface area contributed by atoms with Crippen molar-refractivity contribution in [2.75, 3.05) is 47.8 Å². The average molecular weight is 353 g/mol. The normalized spacial score (nSPS) is 17.5. The molecular formula is C19H27N7. The Bertz CT molecular complexity index is 779. The van der Waals surface area contributed by atoms with Gasteiger partial charge in [0.25, 0.3) is 0 Å². The molecule has 0 amide bonds. The molecule has 1 saturated carbocycles. The van der Waals surface area contributed by atoms with Gasteiger partial charge in [-0.2, -0.15) is 4.98 Å². The molecule has 2 fully saturated rings. The monoisotopic (exact) mass is 353 g/mol. The lowest BCUT2D eigenvalue weighted by Crippen LogP contribution is -2.47. The predicted octanol–water partition coefficient (Wildman–Crippen LogP) is 2.52. The van der Waals surface area contributed by atoms with Crippen molar-refractivity contribution in [1.29, 1.82) is 0 Å². The minimum atomic E-state index is 0.586. The molecule has 0 bridgehead atoms. The standard InChI is InChI=1S/C19H27N7/c1-4-20-19-22-14(3)12-17(24-19)26-9-7-25(8-10-26)16-11-13(2)21-18(23-16)15-5-6-15/h11-12,15H,4-10H2,1-3H3,(H,20,22,24). The predicted molar refractivity (Wildman–Crippen MR) is 104 cm³/mol. The van der Waals surface area contributed by atoms with Crippen LogP contribution in [-0.2, 0) is 0 Å². The minimum absolute atomic E-state index is 0.586. The van der Waals surface area contributed by atoms with Crippen LogP contribution in [0.5, 0.6) is 0 Å². The van der Waals surface area contributed by atoms with Crippen LogP contribution in [0.2, 0.25) is 0 Å². The first kappa shape index (κ1) is 17.0. The van der Waals surface area contributed by atoms with E-state index in [0.717, 1.165) is 61.6 Å². The van der Waals surface area contributed by atoms with Crippen LogP contribution in [-0.4, -0.2) is 52.7 Å². The molecule has 0 spiro atoms. The molecule has 0 unspecified atom stereocenters. The molecule has 1 saturated heterocycles. The fourth-order valence-corrected chi connectivity index (χ4v) is 3.38. The summed E-state index contributed by atoms with van der Waals surface area (Å²) in [6.07, 6.45) is 2.47. The van der Waals surface area contributed by atoms with Gasteiger partial charge in [-0.05, 0) is 33.6 Å². The molecular weight excluding hydrogens is 326 g/mol. The maximum atomic E-state index is 4.83. The molecule has 4 rings (SSSR count). The zero-order chi connectivity index (χ0) is 18.1. The van der Waals surface area contributed by atoms with Gasteiger partial charge in [0.1, 0.15) is 17.5 Å². The molecule has 26 heavy (non-hydrogen) atoms. The van der Waals surface area contributed by atoms with Crippen LogP contribution >= 0.6 is 0 Å². The van der Waals surface area contributed by atoms with Gasteiger partial charge in [0.05, 0.1) is 0 Å². The fraction of sp³-hybridized carbons (Fsp3) is 0.579. The quantitative estimate of drug-likeness (QED) is 0.885. The van der Waals surface area contributed by atoms with Crippen LogP contribution in [0.15, 0.2) is 12.1 Å². The van der Waals surface area contributed by atoms with E-state index in [-0.39, 0.29) is 0 Å². The lowest BCUT2D eigenvalue weighted by Gasteiger charge is -2.36. The minimum Gasteiger partial charge on any atom is -0.354 e. The zero-order valence-corrected chi connectivity index (χ0v) is 15.9. The largest absolute Gasteiger partial charge is 0.354 e. The van der Waals surface area contributed by atoms with Gasteiger partial charge in [0.15, 0.2) is 0 Å². The van der Waals surface area contributed by atoms with Crippen LogP contribution in [0.4, 0.5) is 17.6 Å². The lowest BCUT2D eigenvalue weighted by atomic mass is 10.2. The highest BCUT2D eigenvalue weighted by Crippen LogP contribution is 2.38. The van der Waals surface area contributed by atoms with Crippen LogP contribution in [0.3, 0.4) is 0 Å². The second-order valence-electron chi connectivity index (χ2n) is 7.20. The van der Waals surface area contributed by atoms with Gasteiger partial charge in [0.2, 0.25) is 5.95 Å². The van der Waals surface area contributed by atoms with Gasteiger partial charge in [-0.1, -0.05) is 0 Å². The van der Waals surface area contributed by atoms with Crippen molar-refractivity contribution in [3.63, 3.8) is 0 Å². The maximum Gasteiger partial charge on any atom is 0.224 e. The van der Waals surface area contributed by atoms with E-state index in [9.17, 15) is 0 Å². The van der Waals surface area contributed by atoms with Gasteiger partial charge < -0.3 is 15.1 Å². The number of aromatic nitrogens is 4. The van der Waals surface area contributed by atoms with E-state index in [2.05, 4.69) is 56.0 Å². The number of aryl methyl sites for hydroxylation is 2. The van der Waals surface area contributed by atoms with Crippen LogP contribution < -0.4 is 15.1 Å². The van der Waals surface area contributed by atoms with E-state index < -0.39 is 0 Å². The SMILES string of the molecule is CCNc1nc(C)cc(N2CCN(c3cc(C)nc(C4CC4)n3)CC2)n1. The van der Waals surface area contributed by atoms with E-state index in [1.165, 1.54) is 12.8 Å². The van der Waals surface area contributed by atoms with E-state index in [0.29, 0.717) is 11.9 Å². The first-order chi connectivity index (χ1) is 12.6. The van der Waals surface area contributed by atoms with E-state index in [4.69, 9.17) is 4.98 Å². The molecule has 1 N–H and O–H groups in total. The number of piperazine rings is 1. The van der Waals surface area contributed by atoms with Crippen LogP contribution in [0.1, 0.15) is 42.9 Å². The molecule has 0 atom stereocenters. The fourth-order valence-electron chi connectivity index (χ4n) is 3.38. The molecule has 2 aromatic rings. The van der Waals surface area contributed by atoms with Crippen molar-refractivity contribution in [2.45, 2.75) is 39.5 Å². The molecule has 1 aliphatic heterocycles. The van der Waals surface area contributed by atoms with Crippen molar-refractivity contribution in [3.05, 3.63) is 29.3 Å². The summed E-state index contributed by atoms with van der Waals surface area (Å²) < 4.78 is 0. The highest BCUT2D eigenvalue weighted by molar-refractivity contribution is 5.48. The third kappa shape index (κ3) is 3.71. The summed E-state index contributed by atoms with van der Waals surface area (Å²) in [5, 5.41) is 3.22. The smallest absolute Gasteiger partial charge is 0.224 e. The van der Waals surface area contributed by atoms with Crippen molar-refractivity contribution < 1.29 is 0 Å². The van der Waals surface area contributed by atoms with E-state index >= 15 is 0 Å². The molecule has 7 nitrogen and oxygen atoms in total. The summed E-state index contributed by atoms with van der Waals surface area (Å²) in [7, 11) is 0. The summed E-state index contributed by atoms with van der Waals surface area (Å²) >= 11 is 0. The lowest BCUT2D eigenvalue weighted by molar-refractivity contribution is 0.637. The molecule has 0 aromatic carbocycles. The highest BCUT2D eigenvalue weighted by atomic mass is 15.3. The average Bonchev–Trinajstić information content (AvgIpc) is 3.46. The Morgan fingerprint density at radius 1 is 0.885 bits per heavy atom. The topological polar surface area (TPSA) is 70.1 Å². The third-order valence-electron chi connectivity index (χ3n) is 4.90. The molecule has 1 aliphatic carbocycles. The Hall–Kier alpha value is -2.44. The summed E-state index contributed by atoms with van der Waals surface area (Å²) in [6.45, 7) is 10.7. The van der Waals surface area contributed by atoms with Gasteiger partial charge in [0, 0.05) is 62.2 Å². The third-order valence-corrected chi connectivity index (χ3v) is 4.90. The number of rotatable bonds is 5. The molecule has 3 heterocycles. The van der Waals surface area contributed by atoms with Gasteiger partial charge in [-0.15, -0.1) is 0 Å². The van der Waals surface area contributed by atoms with Crippen molar-refractivity contribution in [1.82, 2.24) is 19.9 Å². The summed E-state index contributed by atoms with van der Waals surface area (Å²) in [4.78, 5) is 23.3. The Labute approximate surface area is 154 Å². The summed E-state index contributed by atoms with van der Waals surface area (Å²) in [5.74, 6) is 4.41. The van der Waals surface area contributed by atoms with E-state index in [1.54, 1.807) is 0 Å². The highest BCUT2D eigenvalue weighted by Gasteiger charge is 2.28. The Morgan fingerprint density at radius 2 is 1.46 bits per heavy atom. The van der Waals surface area contributed by atoms with Crippen molar-refractivity contribution in [2.24, 2.45) is 0 Å². The summed E-state index contributed by atoms with van der Waals surface area (Å²) in [6, 6.07) is 4.18. The molecule has 2 aromatic heterocycles. The number of hydrogen-bond donors (Lipinski definition) is 1. The van der Waals surface area contributed by atoms with Crippen LogP contribution in [0, 0.1) is 13.8 Å². The van der Waals surface area contributed by atoms with Gasteiger partial charge in [-0.25, -0.2) is 15.0 Å². The zero-order valence-electron chi connectivity index (χ0n) is 15.9. The van der Waals surface area contributed by atoms with E-state index in [1.807, 2.05) is 6.92 Å². The Balaban J connectivity index is 1.46. The van der Waals surface area contributed by atoms with Gasteiger partial charge in [-0.3, -0.25) is 0 Å². The van der Waals surface area contributed by atoms with Crippen LogP contribution in [0.25, 0.3) is 0 Å². The maximum absolute atomic E-state index is 4.83. The number of nitrogens with one attached hydrogen (secondary N) is 1. The first-order valence-corrected chi connectivity index (χ1v) is 9.57. The Kier molecular flexibility index (Phi) is 4.61. The van der Waals surface area contributed by atoms with Gasteiger partial charge >= 0.3 is 0 Å². The molecule has 2 aliphatic rings. The number of anilines is 3. The molecule has 7 heteroatoms. The van der Waals surface area contributed by atoms with Crippen molar-refractivity contribution in [3.8, 4) is 0 Å².